The predicted octanol–water partition coefficient (Wildman–Crippen LogP) is 1.69. The smallest absolute Gasteiger partial charge is 0.274 e. The monoisotopic (exact) mass is 388 g/mol. The van der Waals surface area contributed by atoms with Gasteiger partial charge in [0.25, 0.3) is 5.91 Å². The maximum absolute atomic E-state index is 13.0. The lowest BCUT2D eigenvalue weighted by atomic mass is 10.1. The van der Waals surface area contributed by atoms with Crippen LogP contribution in [0.2, 0.25) is 0 Å². The van der Waals surface area contributed by atoms with Crippen LogP contribution in [-0.4, -0.2) is 68.3 Å². The van der Waals surface area contributed by atoms with Gasteiger partial charge in [0.2, 0.25) is 5.91 Å². The minimum absolute atomic E-state index is 0.00738. The van der Waals surface area contributed by atoms with Crippen LogP contribution in [0, 0.1) is 11.8 Å². The molecule has 154 valence electrons. The van der Waals surface area contributed by atoms with Crippen LogP contribution in [0.3, 0.4) is 0 Å². The van der Waals surface area contributed by atoms with Gasteiger partial charge in [0, 0.05) is 36.8 Å². The number of hydrogen-bond donors (Lipinski definition) is 1. The highest BCUT2D eigenvalue weighted by Gasteiger charge is 2.51. The Labute approximate surface area is 166 Å². The second kappa shape index (κ2) is 7.85. The van der Waals surface area contributed by atoms with E-state index in [0.29, 0.717) is 37.2 Å². The van der Waals surface area contributed by atoms with E-state index in [4.69, 9.17) is 0 Å². The molecule has 1 N–H and O–H groups in total. The summed E-state index contributed by atoms with van der Waals surface area (Å²) in [7, 11) is 0. The Morgan fingerprint density at radius 1 is 1.21 bits per heavy atom. The van der Waals surface area contributed by atoms with E-state index in [1.807, 2.05) is 17.9 Å². The Bertz CT molecular complexity index is 732. The van der Waals surface area contributed by atoms with E-state index in [9.17, 15) is 14.7 Å². The van der Waals surface area contributed by atoms with Gasteiger partial charge in [0.15, 0.2) is 5.69 Å². The van der Waals surface area contributed by atoms with Gasteiger partial charge < -0.3 is 14.9 Å². The number of aliphatic hydroxyl groups excluding tert-OH is 1. The third-order valence-electron chi connectivity index (χ3n) is 6.68. The molecule has 0 unspecified atom stereocenters. The maximum atomic E-state index is 13.0. The number of aryl methyl sites for hydroxylation is 1. The molecule has 4 atom stereocenters. The zero-order chi connectivity index (χ0) is 19.8. The summed E-state index contributed by atoms with van der Waals surface area (Å²) < 4.78 is 1.72. The first-order valence-electron chi connectivity index (χ1n) is 10.9. The van der Waals surface area contributed by atoms with Crippen LogP contribution in [-0.2, 0) is 17.8 Å². The highest BCUT2D eigenvalue weighted by atomic mass is 16.3. The normalized spacial score (nSPS) is 28.7. The topological polar surface area (TPSA) is 78.7 Å². The van der Waals surface area contributed by atoms with Gasteiger partial charge >= 0.3 is 0 Å². The average molecular weight is 389 g/mol. The van der Waals surface area contributed by atoms with Crippen molar-refractivity contribution in [2.24, 2.45) is 11.8 Å². The number of carbonyl (C=O) groups is 2. The summed E-state index contributed by atoms with van der Waals surface area (Å²) in [6.07, 6.45) is 6.10. The van der Waals surface area contributed by atoms with Crippen molar-refractivity contribution < 1.29 is 14.7 Å². The number of aromatic nitrogens is 2. The fraction of sp³-hybridized carbons (Fsp3) is 0.762. The molecule has 28 heavy (non-hydrogen) atoms. The first kappa shape index (κ1) is 19.4. The third-order valence-corrected chi connectivity index (χ3v) is 6.68. The third kappa shape index (κ3) is 3.45. The molecule has 0 radical (unpaired) electrons. The number of aliphatic hydroxyl groups is 1. The van der Waals surface area contributed by atoms with Crippen molar-refractivity contribution in [1.82, 2.24) is 19.6 Å². The summed E-state index contributed by atoms with van der Waals surface area (Å²) in [6.45, 7) is 5.84. The lowest BCUT2D eigenvalue weighted by Crippen LogP contribution is -2.57. The number of hydrogen-bond acceptors (Lipinski definition) is 4. The Hall–Kier alpha value is -1.89. The van der Waals surface area contributed by atoms with Crippen LogP contribution in [0.25, 0.3) is 0 Å². The summed E-state index contributed by atoms with van der Waals surface area (Å²) in [5.74, 6) is 1.09. The van der Waals surface area contributed by atoms with Gasteiger partial charge in [-0.05, 0) is 44.1 Å². The number of carbonyl (C=O) groups excluding carboxylic acids is 2. The van der Waals surface area contributed by atoms with Crippen molar-refractivity contribution in [2.45, 2.75) is 71.0 Å². The molecule has 3 fully saturated rings. The second-order valence-corrected chi connectivity index (χ2v) is 8.55. The van der Waals surface area contributed by atoms with Gasteiger partial charge in [-0.2, -0.15) is 5.10 Å². The molecular weight excluding hydrogens is 356 g/mol. The largest absolute Gasteiger partial charge is 0.394 e. The Morgan fingerprint density at radius 2 is 1.93 bits per heavy atom. The number of amides is 2. The van der Waals surface area contributed by atoms with Crippen molar-refractivity contribution in [3.05, 3.63) is 17.5 Å². The Kier molecular flexibility index (Phi) is 5.45. The molecule has 1 aliphatic carbocycles. The van der Waals surface area contributed by atoms with Crippen molar-refractivity contribution in [2.75, 3.05) is 19.7 Å². The van der Waals surface area contributed by atoms with Gasteiger partial charge in [-0.25, -0.2) is 0 Å². The van der Waals surface area contributed by atoms with Crippen LogP contribution in [0.5, 0.6) is 0 Å². The van der Waals surface area contributed by atoms with Crippen molar-refractivity contribution >= 4 is 11.8 Å². The van der Waals surface area contributed by atoms with Gasteiger partial charge in [0.1, 0.15) is 0 Å². The summed E-state index contributed by atoms with van der Waals surface area (Å²) in [5, 5.41) is 13.6. The van der Waals surface area contributed by atoms with E-state index in [1.54, 1.807) is 4.68 Å². The van der Waals surface area contributed by atoms with Crippen LogP contribution < -0.4 is 0 Å². The second-order valence-electron chi connectivity index (χ2n) is 8.55. The Balaban J connectivity index is 1.43. The fourth-order valence-corrected chi connectivity index (χ4v) is 5.15. The number of rotatable bonds is 7. The molecule has 3 aliphatic rings. The summed E-state index contributed by atoms with van der Waals surface area (Å²) in [4.78, 5) is 30.0. The highest BCUT2D eigenvalue weighted by molar-refractivity contribution is 5.93. The van der Waals surface area contributed by atoms with Crippen molar-refractivity contribution in [1.29, 1.82) is 0 Å². The molecule has 2 amide bonds. The average Bonchev–Trinajstić information content (AvgIpc) is 3.26. The van der Waals surface area contributed by atoms with Crippen LogP contribution in [0.15, 0.2) is 6.07 Å². The molecule has 0 spiro atoms. The lowest BCUT2D eigenvalue weighted by molar-refractivity contribution is -0.138. The van der Waals surface area contributed by atoms with E-state index < -0.39 is 0 Å². The van der Waals surface area contributed by atoms with Gasteiger partial charge in [-0.15, -0.1) is 0 Å². The van der Waals surface area contributed by atoms with Crippen LogP contribution in [0.4, 0.5) is 0 Å². The zero-order valence-corrected chi connectivity index (χ0v) is 17.0. The minimum Gasteiger partial charge on any atom is -0.394 e. The van der Waals surface area contributed by atoms with E-state index in [1.165, 1.54) is 0 Å². The van der Waals surface area contributed by atoms with Crippen LogP contribution in [0.1, 0.15) is 62.1 Å². The zero-order valence-electron chi connectivity index (χ0n) is 17.0. The molecule has 3 heterocycles. The van der Waals surface area contributed by atoms with Crippen molar-refractivity contribution in [3.8, 4) is 0 Å². The van der Waals surface area contributed by atoms with E-state index in [0.717, 1.165) is 44.2 Å². The summed E-state index contributed by atoms with van der Waals surface area (Å²) in [6, 6.07) is 2.16. The minimum atomic E-state index is -0.0503. The van der Waals surface area contributed by atoms with Crippen molar-refractivity contribution in [3.63, 3.8) is 0 Å². The molecule has 1 saturated carbocycles. The molecule has 0 aromatic carbocycles. The number of nitrogens with zero attached hydrogens (tertiary/aromatic N) is 4. The van der Waals surface area contributed by atoms with E-state index in [2.05, 4.69) is 16.9 Å². The van der Waals surface area contributed by atoms with E-state index in [-0.39, 0.29) is 30.5 Å². The number of likely N-dealkylation sites (tertiary alicyclic amines) is 1. The maximum Gasteiger partial charge on any atom is 0.274 e. The first-order valence-corrected chi connectivity index (χ1v) is 10.9. The molecule has 2 aliphatic heterocycles. The Morgan fingerprint density at radius 3 is 2.54 bits per heavy atom. The van der Waals surface area contributed by atoms with Gasteiger partial charge in [0.05, 0.1) is 13.2 Å². The molecule has 4 rings (SSSR count). The predicted molar refractivity (Wildman–Crippen MR) is 105 cm³/mol. The molecule has 2 saturated heterocycles. The van der Waals surface area contributed by atoms with E-state index >= 15 is 0 Å². The SMILES string of the molecule is CCC[C@@H]1C[C@H]1C(=O)N1[C@@H]2CC[C@H]1CN(C(=O)c1cc(CC)n(CCO)n1)C2. The molecule has 7 heteroatoms. The van der Waals surface area contributed by atoms with Crippen LogP contribution >= 0.6 is 0 Å². The summed E-state index contributed by atoms with van der Waals surface area (Å²) >= 11 is 0. The van der Waals surface area contributed by atoms with Gasteiger partial charge in [-0.1, -0.05) is 20.3 Å². The first-order chi connectivity index (χ1) is 13.6. The lowest BCUT2D eigenvalue weighted by Gasteiger charge is -2.41. The fourth-order valence-electron chi connectivity index (χ4n) is 5.15. The molecule has 1 aromatic rings. The molecule has 7 nitrogen and oxygen atoms in total. The quantitative estimate of drug-likeness (QED) is 0.771. The standard InChI is InChI=1S/C21H32N4O3/c1-3-5-14-10-18(14)20(27)25-16-6-7-17(25)13-23(12-16)21(28)19-11-15(4-2)24(22-19)8-9-26/h11,14,16-18,26H,3-10,12-13H2,1-2H3/t14-,16-,17+,18-/m1/s1. The molecule has 2 bridgehead atoms. The summed E-state index contributed by atoms with van der Waals surface area (Å²) in [5.41, 5.74) is 1.42. The molecule has 1 aromatic heterocycles. The molecular formula is C21H32N4O3. The number of fused-ring (bicyclic) bond motifs is 2. The number of piperazine rings is 1. The van der Waals surface area contributed by atoms with Gasteiger partial charge in [-0.3, -0.25) is 14.3 Å². The highest BCUT2D eigenvalue weighted by Crippen LogP contribution is 2.45.